The Morgan fingerprint density at radius 3 is 2.61 bits per heavy atom. The molecule has 6 heteroatoms. The first-order valence-electron chi connectivity index (χ1n) is 5.90. The van der Waals surface area contributed by atoms with E-state index in [-0.39, 0.29) is 0 Å². The van der Waals surface area contributed by atoms with Crippen LogP contribution in [0.15, 0.2) is 18.3 Å². The predicted molar refractivity (Wildman–Crippen MR) is 66.3 cm³/mol. The molecule has 1 aromatic heterocycles. The van der Waals surface area contributed by atoms with Crippen molar-refractivity contribution < 1.29 is 9.59 Å². The first kappa shape index (κ1) is 12.3. The van der Waals surface area contributed by atoms with Gasteiger partial charge in [-0.25, -0.2) is 0 Å². The van der Waals surface area contributed by atoms with Crippen LogP contribution in [-0.4, -0.2) is 46.2 Å². The number of piperazine rings is 1. The van der Waals surface area contributed by atoms with Crippen LogP contribution in [0.2, 0.25) is 0 Å². The van der Waals surface area contributed by atoms with Gasteiger partial charge >= 0.3 is 11.8 Å². The minimum atomic E-state index is -0.465. The third kappa shape index (κ3) is 2.42. The van der Waals surface area contributed by atoms with Crippen LogP contribution in [-0.2, 0) is 16.1 Å². The Labute approximate surface area is 105 Å². The summed E-state index contributed by atoms with van der Waals surface area (Å²) in [6.07, 6.45) is 1.60. The maximum absolute atomic E-state index is 11.9. The van der Waals surface area contributed by atoms with Crippen LogP contribution in [0.5, 0.6) is 0 Å². The summed E-state index contributed by atoms with van der Waals surface area (Å²) in [5, 5.41) is 0. The number of hydrogen-bond donors (Lipinski definition) is 1. The lowest BCUT2D eigenvalue weighted by Crippen LogP contribution is -2.53. The van der Waals surface area contributed by atoms with E-state index in [2.05, 4.69) is 4.98 Å². The largest absolute Gasteiger partial charge is 0.399 e. The predicted octanol–water partition coefficient (Wildman–Crippen LogP) is -0.146. The van der Waals surface area contributed by atoms with E-state index >= 15 is 0 Å². The Kier molecular flexibility index (Phi) is 3.45. The Morgan fingerprint density at radius 1 is 1.28 bits per heavy atom. The first-order chi connectivity index (χ1) is 8.61. The Bertz CT molecular complexity index is 475. The van der Waals surface area contributed by atoms with Gasteiger partial charge in [0.1, 0.15) is 0 Å². The number of nitrogen functional groups attached to an aromatic ring is 1. The number of rotatable bonds is 3. The van der Waals surface area contributed by atoms with Gasteiger partial charge in [0.15, 0.2) is 0 Å². The number of pyridine rings is 1. The van der Waals surface area contributed by atoms with E-state index in [0.717, 1.165) is 0 Å². The van der Waals surface area contributed by atoms with Gasteiger partial charge in [-0.3, -0.25) is 14.6 Å². The van der Waals surface area contributed by atoms with Crippen molar-refractivity contribution in [3.63, 3.8) is 0 Å². The van der Waals surface area contributed by atoms with Crippen LogP contribution in [0.4, 0.5) is 5.69 Å². The van der Waals surface area contributed by atoms with E-state index in [0.29, 0.717) is 37.6 Å². The molecule has 0 atom stereocenters. The van der Waals surface area contributed by atoms with Crippen LogP contribution in [0, 0.1) is 0 Å². The fourth-order valence-electron chi connectivity index (χ4n) is 1.95. The molecule has 2 heterocycles. The average molecular weight is 248 g/mol. The zero-order valence-corrected chi connectivity index (χ0v) is 10.3. The van der Waals surface area contributed by atoms with Crippen molar-refractivity contribution in [3.05, 3.63) is 24.0 Å². The number of amides is 2. The summed E-state index contributed by atoms with van der Waals surface area (Å²) < 4.78 is 0. The molecule has 0 aliphatic carbocycles. The number of nitrogens with zero attached hydrogens (tertiary/aromatic N) is 3. The van der Waals surface area contributed by atoms with Crippen molar-refractivity contribution in [2.75, 3.05) is 25.4 Å². The third-order valence-electron chi connectivity index (χ3n) is 2.97. The number of carbonyl (C=O) groups excluding carboxylic acids is 2. The van der Waals surface area contributed by atoms with Gasteiger partial charge in [0, 0.05) is 31.5 Å². The maximum atomic E-state index is 11.9. The Balaban J connectivity index is 2.07. The van der Waals surface area contributed by atoms with Crippen LogP contribution in [0.25, 0.3) is 0 Å². The topological polar surface area (TPSA) is 79.5 Å². The molecule has 0 bridgehead atoms. The van der Waals surface area contributed by atoms with Crippen LogP contribution >= 0.6 is 0 Å². The molecule has 0 spiro atoms. The van der Waals surface area contributed by atoms with Crippen LogP contribution in [0.1, 0.15) is 12.6 Å². The van der Waals surface area contributed by atoms with Crippen molar-refractivity contribution in [3.8, 4) is 0 Å². The number of anilines is 1. The summed E-state index contributed by atoms with van der Waals surface area (Å²) in [6.45, 7) is 3.86. The highest BCUT2D eigenvalue weighted by atomic mass is 16.2. The normalized spacial score (nSPS) is 16.3. The van der Waals surface area contributed by atoms with E-state index in [1.807, 2.05) is 6.92 Å². The van der Waals surface area contributed by atoms with E-state index in [4.69, 9.17) is 5.73 Å². The number of hydrogen-bond acceptors (Lipinski definition) is 4. The Hall–Kier alpha value is -2.11. The quantitative estimate of drug-likeness (QED) is 0.755. The fraction of sp³-hybridized carbons (Fsp3) is 0.417. The van der Waals surface area contributed by atoms with Gasteiger partial charge in [-0.2, -0.15) is 0 Å². The third-order valence-corrected chi connectivity index (χ3v) is 2.97. The summed E-state index contributed by atoms with van der Waals surface area (Å²) in [7, 11) is 0. The van der Waals surface area contributed by atoms with Crippen molar-refractivity contribution in [1.82, 2.24) is 14.8 Å². The van der Waals surface area contributed by atoms with E-state index in [9.17, 15) is 9.59 Å². The highest BCUT2D eigenvalue weighted by Crippen LogP contribution is 2.10. The van der Waals surface area contributed by atoms with Gasteiger partial charge in [0.25, 0.3) is 0 Å². The zero-order valence-electron chi connectivity index (χ0n) is 10.3. The lowest BCUT2D eigenvalue weighted by Gasteiger charge is -2.32. The molecule has 1 aliphatic rings. The molecular formula is C12H16N4O2. The molecule has 96 valence electrons. The molecular weight excluding hydrogens is 232 g/mol. The molecule has 1 fully saturated rings. The van der Waals surface area contributed by atoms with Gasteiger partial charge in [-0.1, -0.05) is 0 Å². The summed E-state index contributed by atoms with van der Waals surface area (Å²) in [5.74, 6) is -0.903. The summed E-state index contributed by atoms with van der Waals surface area (Å²) in [4.78, 5) is 30.8. The SMILES string of the molecule is CCN1CCN(Cc2cc(N)ccn2)C(=O)C1=O. The fourth-order valence-corrected chi connectivity index (χ4v) is 1.95. The van der Waals surface area contributed by atoms with Crippen molar-refractivity contribution in [2.45, 2.75) is 13.5 Å². The molecule has 0 saturated carbocycles. The minimum Gasteiger partial charge on any atom is -0.399 e. The molecule has 1 saturated heterocycles. The number of carbonyl (C=O) groups is 2. The van der Waals surface area contributed by atoms with Crippen molar-refractivity contribution >= 4 is 17.5 Å². The number of likely N-dealkylation sites (N-methyl/N-ethyl adjacent to an activating group) is 1. The average Bonchev–Trinajstić information content (AvgIpc) is 2.35. The second-order valence-electron chi connectivity index (χ2n) is 4.19. The van der Waals surface area contributed by atoms with Gasteiger partial charge in [0.2, 0.25) is 0 Å². The summed E-state index contributed by atoms with van der Waals surface area (Å²) >= 11 is 0. The highest BCUT2D eigenvalue weighted by Gasteiger charge is 2.31. The molecule has 0 radical (unpaired) electrons. The molecule has 2 amide bonds. The molecule has 1 aliphatic heterocycles. The monoisotopic (exact) mass is 248 g/mol. The zero-order chi connectivity index (χ0) is 13.1. The molecule has 2 N–H and O–H groups in total. The molecule has 0 unspecified atom stereocenters. The van der Waals surface area contributed by atoms with Crippen LogP contribution < -0.4 is 5.73 Å². The number of nitrogens with two attached hydrogens (primary N) is 1. The second kappa shape index (κ2) is 5.03. The van der Waals surface area contributed by atoms with Gasteiger partial charge < -0.3 is 15.5 Å². The van der Waals surface area contributed by atoms with E-state index in [1.54, 1.807) is 23.2 Å². The number of aromatic nitrogens is 1. The molecule has 0 aromatic carbocycles. The molecule has 6 nitrogen and oxygen atoms in total. The first-order valence-corrected chi connectivity index (χ1v) is 5.90. The van der Waals surface area contributed by atoms with Crippen molar-refractivity contribution in [1.29, 1.82) is 0 Å². The summed E-state index contributed by atoms with van der Waals surface area (Å²) in [6, 6.07) is 3.40. The van der Waals surface area contributed by atoms with E-state index in [1.165, 1.54) is 4.90 Å². The lowest BCUT2D eigenvalue weighted by atomic mass is 10.2. The molecule has 2 rings (SSSR count). The summed E-state index contributed by atoms with van der Waals surface area (Å²) in [5.41, 5.74) is 6.95. The highest BCUT2D eigenvalue weighted by molar-refractivity contribution is 6.35. The van der Waals surface area contributed by atoms with Crippen molar-refractivity contribution in [2.24, 2.45) is 0 Å². The molecule has 1 aromatic rings. The van der Waals surface area contributed by atoms with Gasteiger partial charge in [0.05, 0.1) is 12.2 Å². The smallest absolute Gasteiger partial charge is 0.312 e. The minimum absolute atomic E-state index is 0.327. The van der Waals surface area contributed by atoms with E-state index < -0.39 is 11.8 Å². The standard InChI is InChI=1S/C12H16N4O2/c1-2-15-5-6-16(12(18)11(15)17)8-10-7-9(13)3-4-14-10/h3-4,7H,2,5-6,8H2,1H3,(H2,13,14). The molecule has 18 heavy (non-hydrogen) atoms. The van der Waals surface area contributed by atoms with Gasteiger partial charge in [-0.05, 0) is 19.1 Å². The van der Waals surface area contributed by atoms with Crippen LogP contribution in [0.3, 0.4) is 0 Å². The lowest BCUT2D eigenvalue weighted by molar-refractivity contribution is -0.156. The second-order valence-corrected chi connectivity index (χ2v) is 4.19. The van der Waals surface area contributed by atoms with Gasteiger partial charge in [-0.15, -0.1) is 0 Å². The maximum Gasteiger partial charge on any atom is 0.312 e. The Morgan fingerprint density at radius 2 is 1.94 bits per heavy atom.